The average Bonchev–Trinajstić information content (AvgIpc) is 2.72. The lowest BCUT2D eigenvalue weighted by Crippen LogP contribution is -2.16. The van der Waals surface area contributed by atoms with Crippen molar-refractivity contribution in [3.63, 3.8) is 0 Å². The van der Waals surface area contributed by atoms with Gasteiger partial charge in [0.2, 0.25) is 0 Å². The monoisotopic (exact) mass is 232 g/mol. The minimum absolute atomic E-state index is 0.872. The molecule has 0 unspecified atom stereocenters. The van der Waals surface area contributed by atoms with E-state index in [2.05, 4.69) is 46.0 Å². The van der Waals surface area contributed by atoms with Crippen LogP contribution in [0.3, 0.4) is 0 Å². The van der Waals surface area contributed by atoms with Gasteiger partial charge < -0.3 is 5.32 Å². The molecule has 0 aliphatic carbocycles. The Bertz CT molecular complexity index is 423. The second-order valence-electron chi connectivity index (χ2n) is 3.77. The molecule has 84 valence electrons. The zero-order chi connectivity index (χ0) is 11.2. The van der Waals surface area contributed by atoms with Crippen molar-refractivity contribution in [2.45, 2.75) is 19.9 Å². The second-order valence-corrected chi connectivity index (χ2v) is 4.83. The van der Waals surface area contributed by atoms with E-state index >= 15 is 0 Å². The lowest BCUT2D eigenvalue weighted by molar-refractivity contribution is 0.676. The number of hydrogen-bond acceptors (Lipinski definition) is 3. The van der Waals surface area contributed by atoms with Crippen LogP contribution in [-0.2, 0) is 13.0 Å². The molecule has 0 saturated carbocycles. The highest BCUT2D eigenvalue weighted by atomic mass is 32.1. The van der Waals surface area contributed by atoms with Gasteiger partial charge in [-0.2, -0.15) is 0 Å². The summed E-state index contributed by atoms with van der Waals surface area (Å²) in [5.74, 6) is 0. The Morgan fingerprint density at radius 1 is 1.25 bits per heavy atom. The number of rotatable bonds is 5. The molecular formula is C13H16N2S. The van der Waals surface area contributed by atoms with Crippen LogP contribution in [0.5, 0.6) is 0 Å². The zero-order valence-corrected chi connectivity index (χ0v) is 10.3. The zero-order valence-electron chi connectivity index (χ0n) is 9.44. The van der Waals surface area contributed by atoms with Gasteiger partial charge in [0.05, 0.1) is 10.7 Å². The van der Waals surface area contributed by atoms with E-state index in [4.69, 9.17) is 0 Å². The molecule has 16 heavy (non-hydrogen) atoms. The molecule has 0 aliphatic rings. The molecule has 0 aliphatic heterocycles. The van der Waals surface area contributed by atoms with E-state index in [0.717, 1.165) is 30.2 Å². The van der Waals surface area contributed by atoms with E-state index in [9.17, 15) is 0 Å². The molecule has 0 saturated heterocycles. The molecule has 1 heterocycles. The first-order valence-corrected chi connectivity index (χ1v) is 6.38. The van der Waals surface area contributed by atoms with Crippen LogP contribution in [0.2, 0.25) is 0 Å². The number of nitrogens with zero attached hydrogens (tertiary/aromatic N) is 1. The van der Waals surface area contributed by atoms with Gasteiger partial charge in [-0.3, -0.25) is 0 Å². The fraction of sp³-hybridized carbons (Fsp3) is 0.308. The molecule has 1 N–H and O–H groups in total. The van der Waals surface area contributed by atoms with Crippen LogP contribution >= 0.6 is 11.3 Å². The van der Waals surface area contributed by atoms with Gasteiger partial charge in [0.25, 0.3) is 0 Å². The van der Waals surface area contributed by atoms with Crippen LogP contribution in [0.1, 0.15) is 16.3 Å². The highest BCUT2D eigenvalue weighted by Crippen LogP contribution is 2.07. The Labute approximate surface area is 100 Å². The highest BCUT2D eigenvalue weighted by molar-refractivity contribution is 7.09. The molecule has 1 aromatic carbocycles. The standard InChI is InChI=1S/C13H16N2S/c1-11-15-13(10-16-11)9-14-8-7-12-5-3-2-4-6-12/h2-6,10,14H,7-9H2,1H3. The van der Waals surface area contributed by atoms with Crippen molar-refractivity contribution in [1.82, 2.24) is 10.3 Å². The number of aryl methyl sites for hydroxylation is 1. The SMILES string of the molecule is Cc1nc(CNCCc2ccccc2)cs1. The number of thiazole rings is 1. The molecular weight excluding hydrogens is 216 g/mol. The molecule has 0 amide bonds. The van der Waals surface area contributed by atoms with E-state index in [1.54, 1.807) is 11.3 Å². The van der Waals surface area contributed by atoms with Gasteiger partial charge in [0.15, 0.2) is 0 Å². The van der Waals surface area contributed by atoms with Crippen molar-refractivity contribution in [3.8, 4) is 0 Å². The molecule has 1 aromatic heterocycles. The second kappa shape index (κ2) is 5.77. The molecule has 0 bridgehead atoms. The van der Waals surface area contributed by atoms with Crippen LogP contribution in [0.4, 0.5) is 0 Å². The van der Waals surface area contributed by atoms with Crippen LogP contribution in [0.25, 0.3) is 0 Å². The maximum Gasteiger partial charge on any atom is 0.0897 e. The minimum Gasteiger partial charge on any atom is -0.311 e. The van der Waals surface area contributed by atoms with Gasteiger partial charge in [0.1, 0.15) is 0 Å². The Morgan fingerprint density at radius 3 is 2.75 bits per heavy atom. The first-order valence-electron chi connectivity index (χ1n) is 5.50. The summed E-state index contributed by atoms with van der Waals surface area (Å²) in [7, 11) is 0. The topological polar surface area (TPSA) is 24.9 Å². The van der Waals surface area contributed by atoms with Crippen molar-refractivity contribution in [2.75, 3.05) is 6.54 Å². The summed E-state index contributed by atoms with van der Waals surface area (Å²) in [5.41, 5.74) is 2.53. The molecule has 0 spiro atoms. The molecule has 0 radical (unpaired) electrons. The van der Waals surface area contributed by atoms with E-state index in [0.29, 0.717) is 0 Å². The summed E-state index contributed by atoms with van der Waals surface area (Å²) in [6.45, 7) is 3.91. The average molecular weight is 232 g/mol. The normalized spacial score (nSPS) is 10.6. The minimum atomic E-state index is 0.872. The van der Waals surface area contributed by atoms with Crippen LogP contribution < -0.4 is 5.32 Å². The largest absolute Gasteiger partial charge is 0.311 e. The fourth-order valence-corrected chi connectivity index (χ4v) is 2.20. The van der Waals surface area contributed by atoms with E-state index in [-0.39, 0.29) is 0 Å². The van der Waals surface area contributed by atoms with Gasteiger partial charge >= 0.3 is 0 Å². The van der Waals surface area contributed by atoms with Crippen LogP contribution in [-0.4, -0.2) is 11.5 Å². The number of aromatic nitrogens is 1. The van der Waals surface area contributed by atoms with E-state index in [1.165, 1.54) is 5.56 Å². The molecule has 2 nitrogen and oxygen atoms in total. The maximum absolute atomic E-state index is 4.41. The molecule has 0 fully saturated rings. The van der Waals surface area contributed by atoms with Gasteiger partial charge in [0, 0.05) is 11.9 Å². The van der Waals surface area contributed by atoms with Gasteiger partial charge in [-0.15, -0.1) is 11.3 Å². The van der Waals surface area contributed by atoms with Gasteiger partial charge in [-0.1, -0.05) is 30.3 Å². The third kappa shape index (κ3) is 3.43. The predicted octanol–water partition coefficient (Wildman–Crippen LogP) is 2.78. The molecule has 2 rings (SSSR count). The summed E-state index contributed by atoms with van der Waals surface area (Å²) >= 11 is 1.71. The Hall–Kier alpha value is -1.19. The lowest BCUT2D eigenvalue weighted by atomic mass is 10.1. The molecule has 2 aromatic rings. The highest BCUT2D eigenvalue weighted by Gasteiger charge is 1.97. The van der Waals surface area contributed by atoms with Crippen molar-refractivity contribution in [3.05, 3.63) is 52.0 Å². The van der Waals surface area contributed by atoms with Crippen molar-refractivity contribution < 1.29 is 0 Å². The summed E-state index contributed by atoms with van der Waals surface area (Å²) in [6, 6.07) is 10.5. The third-order valence-corrected chi connectivity index (χ3v) is 3.23. The molecule has 0 atom stereocenters. The Kier molecular flexibility index (Phi) is 4.08. The maximum atomic E-state index is 4.41. The lowest BCUT2D eigenvalue weighted by Gasteiger charge is -2.02. The van der Waals surface area contributed by atoms with Gasteiger partial charge in [-0.25, -0.2) is 4.98 Å². The van der Waals surface area contributed by atoms with E-state index < -0.39 is 0 Å². The third-order valence-electron chi connectivity index (χ3n) is 2.41. The van der Waals surface area contributed by atoms with Crippen molar-refractivity contribution in [2.24, 2.45) is 0 Å². The van der Waals surface area contributed by atoms with Crippen LogP contribution in [0, 0.1) is 6.92 Å². The Morgan fingerprint density at radius 2 is 2.06 bits per heavy atom. The first kappa shape index (κ1) is 11.3. The first-order chi connectivity index (χ1) is 7.84. The smallest absolute Gasteiger partial charge is 0.0897 e. The van der Waals surface area contributed by atoms with E-state index in [1.807, 2.05) is 6.92 Å². The quantitative estimate of drug-likeness (QED) is 0.802. The number of nitrogens with one attached hydrogen (secondary N) is 1. The Balaban J connectivity index is 1.69. The number of hydrogen-bond donors (Lipinski definition) is 1. The predicted molar refractivity (Wildman–Crippen MR) is 68.7 cm³/mol. The number of benzene rings is 1. The fourth-order valence-electron chi connectivity index (χ4n) is 1.58. The summed E-state index contributed by atoms with van der Waals surface area (Å²) < 4.78 is 0. The van der Waals surface area contributed by atoms with Crippen LogP contribution in [0.15, 0.2) is 35.7 Å². The summed E-state index contributed by atoms with van der Waals surface area (Å²) in [4.78, 5) is 4.41. The van der Waals surface area contributed by atoms with Crippen molar-refractivity contribution >= 4 is 11.3 Å². The van der Waals surface area contributed by atoms with Crippen molar-refractivity contribution in [1.29, 1.82) is 0 Å². The van der Waals surface area contributed by atoms with Gasteiger partial charge in [-0.05, 0) is 25.5 Å². The summed E-state index contributed by atoms with van der Waals surface area (Å²) in [5, 5.41) is 6.66. The molecule has 3 heteroatoms. The summed E-state index contributed by atoms with van der Waals surface area (Å²) in [6.07, 6.45) is 1.07.